The summed E-state index contributed by atoms with van der Waals surface area (Å²) in [5, 5.41) is 3.38. The van der Waals surface area contributed by atoms with Crippen molar-refractivity contribution in [3.8, 4) is 11.7 Å². The Bertz CT molecular complexity index is 652. The maximum Gasteiger partial charge on any atom is 0.290 e. The van der Waals surface area contributed by atoms with Crippen LogP contribution in [0.25, 0.3) is 0 Å². The van der Waals surface area contributed by atoms with E-state index >= 15 is 0 Å². The van der Waals surface area contributed by atoms with Gasteiger partial charge in [-0.2, -0.15) is 0 Å². The Morgan fingerprint density at radius 1 is 1.20 bits per heavy atom. The highest BCUT2D eigenvalue weighted by Crippen LogP contribution is 2.25. The van der Waals surface area contributed by atoms with E-state index in [1.807, 2.05) is 35.2 Å². The van der Waals surface area contributed by atoms with Crippen LogP contribution in [0.15, 0.2) is 46.9 Å². The Morgan fingerprint density at radius 3 is 2.60 bits per heavy atom. The van der Waals surface area contributed by atoms with Crippen LogP contribution >= 0.6 is 12.4 Å². The molecule has 3 rings (SSSR count). The number of hydrogen-bond donors (Lipinski definition) is 1. The van der Waals surface area contributed by atoms with Gasteiger partial charge in [-0.05, 0) is 50.0 Å². The number of likely N-dealkylation sites (tertiary alicyclic amines) is 1. The van der Waals surface area contributed by atoms with Crippen molar-refractivity contribution in [2.24, 2.45) is 5.92 Å². The van der Waals surface area contributed by atoms with Gasteiger partial charge in [-0.3, -0.25) is 4.79 Å². The first-order valence-corrected chi connectivity index (χ1v) is 8.59. The van der Waals surface area contributed by atoms with Crippen LogP contribution in [0, 0.1) is 5.92 Å². The predicted octanol–water partition coefficient (Wildman–Crippen LogP) is 3.96. The van der Waals surface area contributed by atoms with Gasteiger partial charge < -0.3 is 19.4 Å². The zero-order valence-corrected chi connectivity index (χ0v) is 15.3. The van der Waals surface area contributed by atoms with Gasteiger partial charge in [0.25, 0.3) is 11.9 Å². The fourth-order valence-corrected chi connectivity index (χ4v) is 2.94. The lowest BCUT2D eigenvalue weighted by molar-refractivity contribution is 0.0653. The fourth-order valence-electron chi connectivity index (χ4n) is 2.94. The molecular formula is C19H25ClN2O3. The largest absolute Gasteiger partial charge is 0.426 e. The molecule has 25 heavy (non-hydrogen) atoms. The molecule has 0 bridgehead atoms. The number of para-hydroxylation sites is 1. The van der Waals surface area contributed by atoms with Crippen LogP contribution < -0.4 is 10.1 Å². The number of benzene rings is 1. The molecule has 1 N–H and O–H groups in total. The third-order valence-corrected chi connectivity index (χ3v) is 4.34. The first-order valence-electron chi connectivity index (χ1n) is 8.59. The number of hydrogen-bond acceptors (Lipinski definition) is 4. The van der Waals surface area contributed by atoms with Crippen molar-refractivity contribution in [1.29, 1.82) is 0 Å². The van der Waals surface area contributed by atoms with Crippen molar-refractivity contribution >= 4 is 18.3 Å². The highest BCUT2D eigenvalue weighted by atomic mass is 35.5. The van der Waals surface area contributed by atoms with E-state index in [4.69, 9.17) is 9.15 Å². The number of rotatable bonds is 6. The number of carbonyl (C=O) groups excluding carboxylic acids is 1. The number of furan rings is 1. The van der Waals surface area contributed by atoms with E-state index in [1.165, 1.54) is 0 Å². The van der Waals surface area contributed by atoms with Crippen LogP contribution in [0.2, 0.25) is 0 Å². The second kappa shape index (κ2) is 9.49. The van der Waals surface area contributed by atoms with Crippen molar-refractivity contribution in [3.05, 3.63) is 48.2 Å². The number of halogens is 1. The van der Waals surface area contributed by atoms with Gasteiger partial charge in [0, 0.05) is 19.2 Å². The molecule has 0 radical (unpaired) electrons. The van der Waals surface area contributed by atoms with Crippen molar-refractivity contribution in [2.75, 3.05) is 26.2 Å². The van der Waals surface area contributed by atoms with E-state index in [-0.39, 0.29) is 18.3 Å². The molecule has 1 aromatic heterocycles. The number of piperidine rings is 1. The average molecular weight is 365 g/mol. The van der Waals surface area contributed by atoms with E-state index in [0.29, 0.717) is 23.4 Å². The molecule has 136 valence electrons. The monoisotopic (exact) mass is 364 g/mol. The third kappa shape index (κ3) is 5.25. The molecule has 6 heteroatoms. The van der Waals surface area contributed by atoms with Crippen LogP contribution in [-0.2, 0) is 0 Å². The second-order valence-electron chi connectivity index (χ2n) is 6.08. The minimum atomic E-state index is -0.0557. The zero-order chi connectivity index (χ0) is 16.8. The lowest BCUT2D eigenvalue weighted by Crippen LogP contribution is -2.40. The van der Waals surface area contributed by atoms with Gasteiger partial charge in [-0.25, -0.2) is 0 Å². The number of amides is 1. The van der Waals surface area contributed by atoms with Gasteiger partial charge >= 0.3 is 0 Å². The number of carbonyl (C=O) groups is 1. The third-order valence-electron chi connectivity index (χ3n) is 4.34. The Labute approximate surface area is 154 Å². The van der Waals surface area contributed by atoms with Crippen LogP contribution in [-0.4, -0.2) is 37.0 Å². The van der Waals surface area contributed by atoms with Gasteiger partial charge in [0.15, 0.2) is 5.76 Å². The van der Waals surface area contributed by atoms with Crippen molar-refractivity contribution < 1.29 is 13.9 Å². The highest BCUT2D eigenvalue weighted by molar-refractivity contribution is 5.91. The van der Waals surface area contributed by atoms with Crippen LogP contribution in [0.5, 0.6) is 11.7 Å². The predicted molar refractivity (Wildman–Crippen MR) is 99.6 cm³/mol. The van der Waals surface area contributed by atoms with Crippen molar-refractivity contribution in [1.82, 2.24) is 10.2 Å². The summed E-state index contributed by atoms with van der Waals surface area (Å²) in [6, 6.07) is 12.8. The van der Waals surface area contributed by atoms with Gasteiger partial charge in [0.2, 0.25) is 0 Å². The zero-order valence-electron chi connectivity index (χ0n) is 14.4. The van der Waals surface area contributed by atoms with E-state index in [2.05, 4.69) is 12.2 Å². The molecule has 2 aromatic rings. The summed E-state index contributed by atoms with van der Waals surface area (Å²) in [7, 11) is 0. The highest BCUT2D eigenvalue weighted by Gasteiger charge is 2.25. The molecule has 1 aliphatic heterocycles. The standard InChI is InChI=1S/C19H24N2O3.ClH/c1-2-20-14-15-10-12-21(13-11-15)19(22)17-8-9-18(24-17)23-16-6-4-3-5-7-16;/h3-9,15,20H,2,10-14H2,1H3;1H. The molecular weight excluding hydrogens is 340 g/mol. The Kier molecular flexibility index (Phi) is 7.34. The average Bonchev–Trinajstić information content (AvgIpc) is 3.09. The maximum atomic E-state index is 12.5. The summed E-state index contributed by atoms with van der Waals surface area (Å²) in [5.41, 5.74) is 0. The summed E-state index contributed by atoms with van der Waals surface area (Å²) in [6.07, 6.45) is 2.07. The van der Waals surface area contributed by atoms with E-state index < -0.39 is 0 Å². The van der Waals surface area contributed by atoms with Gasteiger partial charge in [-0.1, -0.05) is 25.1 Å². The number of ether oxygens (including phenoxy) is 1. The molecule has 5 nitrogen and oxygen atoms in total. The molecule has 1 amide bonds. The lowest BCUT2D eigenvalue weighted by atomic mass is 9.96. The van der Waals surface area contributed by atoms with Gasteiger partial charge in [0.05, 0.1) is 0 Å². The summed E-state index contributed by atoms with van der Waals surface area (Å²) >= 11 is 0. The summed E-state index contributed by atoms with van der Waals surface area (Å²) in [6.45, 7) is 5.71. The van der Waals surface area contributed by atoms with Crippen LogP contribution in [0.1, 0.15) is 30.3 Å². The first-order chi connectivity index (χ1) is 11.8. The molecule has 1 fully saturated rings. The summed E-state index contributed by atoms with van der Waals surface area (Å²) in [4.78, 5) is 14.4. The molecule has 0 aliphatic carbocycles. The second-order valence-corrected chi connectivity index (χ2v) is 6.08. The molecule has 0 spiro atoms. The Morgan fingerprint density at radius 2 is 1.92 bits per heavy atom. The first kappa shape index (κ1) is 19.3. The Hall–Kier alpha value is -1.98. The maximum absolute atomic E-state index is 12.5. The fraction of sp³-hybridized carbons (Fsp3) is 0.421. The topological polar surface area (TPSA) is 54.7 Å². The molecule has 0 saturated carbocycles. The van der Waals surface area contributed by atoms with E-state index in [0.717, 1.165) is 39.0 Å². The summed E-state index contributed by atoms with van der Waals surface area (Å²) in [5.74, 6) is 1.97. The molecule has 1 aliphatic rings. The lowest BCUT2D eigenvalue weighted by Gasteiger charge is -2.31. The molecule has 0 atom stereocenters. The van der Waals surface area contributed by atoms with E-state index in [9.17, 15) is 4.79 Å². The van der Waals surface area contributed by atoms with E-state index in [1.54, 1.807) is 12.1 Å². The summed E-state index contributed by atoms with van der Waals surface area (Å²) < 4.78 is 11.2. The molecule has 1 saturated heterocycles. The smallest absolute Gasteiger partial charge is 0.290 e. The van der Waals surface area contributed by atoms with Crippen molar-refractivity contribution in [2.45, 2.75) is 19.8 Å². The van der Waals surface area contributed by atoms with Crippen molar-refractivity contribution in [3.63, 3.8) is 0 Å². The van der Waals surface area contributed by atoms with Crippen LogP contribution in [0.3, 0.4) is 0 Å². The van der Waals surface area contributed by atoms with Crippen LogP contribution in [0.4, 0.5) is 0 Å². The number of nitrogens with one attached hydrogen (secondary N) is 1. The van der Waals surface area contributed by atoms with Gasteiger partial charge in [-0.15, -0.1) is 12.4 Å². The van der Waals surface area contributed by atoms with Gasteiger partial charge in [0.1, 0.15) is 5.75 Å². The minimum Gasteiger partial charge on any atom is -0.426 e. The minimum absolute atomic E-state index is 0. The molecule has 1 aromatic carbocycles. The normalized spacial score (nSPS) is 14.8. The quantitative estimate of drug-likeness (QED) is 0.843. The molecule has 2 heterocycles. The SMILES string of the molecule is CCNCC1CCN(C(=O)c2ccc(Oc3ccccc3)o2)CC1.Cl. The molecule has 0 unspecified atom stereocenters. The number of nitrogens with zero attached hydrogens (tertiary/aromatic N) is 1. The Balaban J connectivity index is 0.00000225.